The third kappa shape index (κ3) is 5.63. The number of rotatable bonds is 5. The molecule has 0 aliphatic heterocycles. The van der Waals surface area contributed by atoms with Gasteiger partial charge in [-0.1, -0.05) is 170 Å². The van der Waals surface area contributed by atoms with Crippen LogP contribution in [0.5, 0.6) is 0 Å². The fraction of sp³-hybridized carbons (Fsp3) is 0. The molecule has 0 atom stereocenters. The van der Waals surface area contributed by atoms with Gasteiger partial charge in [-0.3, -0.25) is 0 Å². The molecule has 66 heavy (non-hydrogen) atoms. The van der Waals surface area contributed by atoms with Crippen LogP contribution in [0.25, 0.3) is 138 Å². The predicted octanol–water partition coefficient (Wildman–Crippen LogP) is 16.1. The van der Waals surface area contributed by atoms with Crippen molar-refractivity contribution in [3.05, 3.63) is 218 Å². The van der Waals surface area contributed by atoms with E-state index in [1.165, 1.54) is 37.8 Å². The Hall–Kier alpha value is -8.93. The molecule has 5 nitrogen and oxygen atoms in total. The lowest BCUT2D eigenvalue weighted by atomic mass is 9.96. The monoisotopic (exact) mass is 840 g/mol. The molecular formula is C61H36N4O. The summed E-state index contributed by atoms with van der Waals surface area (Å²) >= 11 is 0. The smallest absolute Gasteiger partial charge is 0.164 e. The minimum absolute atomic E-state index is 0.591. The molecule has 14 rings (SSSR count). The van der Waals surface area contributed by atoms with Crippen LogP contribution < -0.4 is 0 Å². The van der Waals surface area contributed by atoms with Gasteiger partial charge in [0.2, 0.25) is 0 Å². The molecule has 0 unspecified atom stereocenters. The fourth-order valence-electron chi connectivity index (χ4n) is 10.3. The Balaban J connectivity index is 1.09. The van der Waals surface area contributed by atoms with Gasteiger partial charge < -0.3 is 8.98 Å². The molecule has 0 amide bonds. The summed E-state index contributed by atoms with van der Waals surface area (Å²) < 4.78 is 8.83. The third-order valence-corrected chi connectivity index (χ3v) is 13.4. The zero-order valence-corrected chi connectivity index (χ0v) is 35.5. The maximum atomic E-state index is 6.38. The quantitative estimate of drug-likeness (QED) is 0.173. The van der Waals surface area contributed by atoms with Gasteiger partial charge in [0.05, 0.1) is 11.0 Å². The van der Waals surface area contributed by atoms with Crippen molar-refractivity contribution in [2.75, 3.05) is 0 Å². The van der Waals surface area contributed by atoms with Gasteiger partial charge in [0.15, 0.2) is 17.5 Å². The van der Waals surface area contributed by atoms with Crippen molar-refractivity contribution in [3.8, 4) is 51.0 Å². The highest BCUT2D eigenvalue weighted by Gasteiger charge is 2.22. The maximum absolute atomic E-state index is 6.38. The molecule has 0 aliphatic rings. The largest absolute Gasteiger partial charge is 0.456 e. The molecule has 0 radical (unpaired) electrons. The molecule has 306 valence electrons. The molecule has 0 bridgehead atoms. The average Bonchev–Trinajstić information content (AvgIpc) is 3.92. The first-order valence-electron chi connectivity index (χ1n) is 22.3. The second-order valence-electron chi connectivity index (χ2n) is 17.1. The minimum Gasteiger partial charge on any atom is -0.456 e. The molecule has 0 aliphatic carbocycles. The highest BCUT2D eigenvalue weighted by molar-refractivity contribution is 6.21. The Bertz CT molecular complexity index is 4200. The number of benzene rings is 11. The molecule has 0 fully saturated rings. The summed E-state index contributed by atoms with van der Waals surface area (Å²) in [5.41, 5.74) is 9.88. The predicted molar refractivity (Wildman–Crippen MR) is 273 cm³/mol. The third-order valence-electron chi connectivity index (χ3n) is 13.4. The molecule has 3 heterocycles. The van der Waals surface area contributed by atoms with E-state index in [4.69, 9.17) is 19.4 Å². The summed E-state index contributed by atoms with van der Waals surface area (Å²) in [5.74, 6) is 1.83. The van der Waals surface area contributed by atoms with Crippen molar-refractivity contribution in [1.82, 2.24) is 19.5 Å². The number of para-hydroxylation sites is 1. The van der Waals surface area contributed by atoms with Crippen molar-refractivity contribution in [3.63, 3.8) is 0 Å². The van der Waals surface area contributed by atoms with Gasteiger partial charge >= 0.3 is 0 Å². The second kappa shape index (κ2) is 14.3. The van der Waals surface area contributed by atoms with Gasteiger partial charge in [-0.2, -0.15) is 0 Å². The van der Waals surface area contributed by atoms with Crippen LogP contribution >= 0.6 is 0 Å². The first kappa shape index (κ1) is 36.5. The zero-order valence-electron chi connectivity index (χ0n) is 35.5. The Kier molecular flexibility index (Phi) is 7.91. The molecule has 3 aromatic heterocycles. The van der Waals surface area contributed by atoms with Crippen LogP contribution in [0.4, 0.5) is 0 Å². The van der Waals surface area contributed by atoms with Crippen LogP contribution in [0.2, 0.25) is 0 Å². The zero-order chi connectivity index (χ0) is 43.3. The summed E-state index contributed by atoms with van der Waals surface area (Å²) in [7, 11) is 0. The summed E-state index contributed by atoms with van der Waals surface area (Å²) in [6, 6.07) is 77.7. The summed E-state index contributed by atoms with van der Waals surface area (Å²) in [5, 5.41) is 13.8. The second-order valence-corrected chi connectivity index (χ2v) is 17.1. The molecule has 0 saturated carbocycles. The standard InChI is InChI=1S/C61H36N4O/c1-2-17-41-35-55-53(33-40(41)16-1)48-30-27-39-15-5-8-22-46(39)58(48)65(55)43-29-31-51(52(36-43)42-28-32-57-54(34-42)47-23-9-10-26-56(47)66-57)61-63-59(49-24-11-18-37-13-3-6-20-44(37)49)62-60(64-61)50-25-12-19-38-14-4-7-21-45(38)50/h1-36H. The summed E-state index contributed by atoms with van der Waals surface area (Å²) in [6.45, 7) is 0. The van der Waals surface area contributed by atoms with Crippen LogP contribution in [-0.2, 0) is 0 Å². The fourth-order valence-corrected chi connectivity index (χ4v) is 10.3. The molecule has 5 heteroatoms. The summed E-state index contributed by atoms with van der Waals surface area (Å²) in [4.78, 5) is 16.2. The van der Waals surface area contributed by atoms with Crippen LogP contribution in [-0.4, -0.2) is 19.5 Å². The van der Waals surface area contributed by atoms with E-state index in [0.29, 0.717) is 17.5 Å². The van der Waals surface area contributed by atoms with Crippen LogP contribution in [0.15, 0.2) is 223 Å². The number of aromatic nitrogens is 4. The van der Waals surface area contributed by atoms with Gasteiger partial charge in [0.1, 0.15) is 11.2 Å². The molecule has 0 saturated heterocycles. The van der Waals surface area contributed by atoms with Crippen molar-refractivity contribution in [1.29, 1.82) is 0 Å². The van der Waals surface area contributed by atoms with E-state index < -0.39 is 0 Å². The minimum atomic E-state index is 0.591. The van der Waals surface area contributed by atoms with E-state index in [9.17, 15) is 0 Å². The number of furan rings is 1. The van der Waals surface area contributed by atoms with Crippen molar-refractivity contribution in [2.45, 2.75) is 0 Å². The van der Waals surface area contributed by atoms with Crippen molar-refractivity contribution in [2.24, 2.45) is 0 Å². The van der Waals surface area contributed by atoms with Crippen molar-refractivity contribution < 1.29 is 4.42 Å². The number of hydrogen-bond donors (Lipinski definition) is 0. The van der Waals surface area contributed by atoms with Crippen LogP contribution in [0.3, 0.4) is 0 Å². The highest BCUT2D eigenvalue weighted by Crippen LogP contribution is 2.43. The van der Waals surface area contributed by atoms with E-state index in [-0.39, 0.29) is 0 Å². The Morgan fingerprint density at radius 3 is 1.55 bits per heavy atom. The molecule has 11 aromatic carbocycles. The first-order valence-corrected chi connectivity index (χ1v) is 22.3. The van der Waals surface area contributed by atoms with E-state index in [0.717, 1.165) is 82.5 Å². The molecular weight excluding hydrogens is 805 g/mol. The van der Waals surface area contributed by atoms with E-state index in [1.807, 2.05) is 12.1 Å². The van der Waals surface area contributed by atoms with Gasteiger partial charge in [-0.25, -0.2) is 15.0 Å². The van der Waals surface area contributed by atoms with Gasteiger partial charge in [-0.05, 0) is 97.4 Å². The molecule has 0 spiro atoms. The average molecular weight is 841 g/mol. The lowest BCUT2D eigenvalue weighted by molar-refractivity contribution is 0.669. The van der Waals surface area contributed by atoms with Gasteiger partial charge in [-0.15, -0.1) is 0 Å². The number of fused-ring (bicyclic) bond motifs is 11. The Morgan fingerprint density at radius 2 is 0.848 bits per heavy atom. The first-order chi connectivity index (χ1) is 32.7. The Morgan fingerprint density at radius 1 is 0.303 bits per heavy atom. The Labute approximate surface area is 378 Å². The number of hydrogen-bond acceptors (Lipinski definition) is 4. The van der Waals surface area contributed by atoms with E-state index in [1.54, 1.807) is 0 Å². The topological polar surface area (TPSA) is 56.7 Å². The van der Waals surface area contributed by atoms with Gasteiger partial charge in [0.25, 0.3) is 0 Å². The maximum Gasteiger partial charge on any atom is 0.164 e. The molecule has 14 aromatic rings. The van der Waals surface area contributed by atoms with E-state index in [2.05, 4.69) is 211 Å². The van der Waals surface area contributed by atoms with Gasteiger partial charge in [0, 0.05) is 49.3 Å². The molecule has 0 N–H and O–H groups in total. The lowest BCUT2D eigenvalue weighted by Gasteiger charge is -2.17. The summed E-state index contributed by atoms with van der Waals surface area (Å²) in [6.07, 6.45) is 0. The van der Waals surface area contributed by atoms with Crippen LogP contribution in [0, 0.1) is 0 Å². The van der Waals surface area contributed by atoms with Crippen LogP contribution in [0.1, 0.15) is 0 Å². The van der Waals surface area contributed by atoms with E-state index >= 15 is 0 Å². The van der Waals surface area contributed by atoms with Crippen molar-refractivity contribution >= 4 is 86.8 Å². The number of nitrogens with zero attached hydrogens (tertiary/aromatic N) is 4. The SMILES string of the molecule is c1ccc2cc3c(cc2c1)c1ccc2ccccc2c1n3-c1ccc(-c2nc(-c3cccc4ccccc34)nc(-c3cccc4ccccc34)n2)c(-c2ccc3oc4ccccc4c3c2)c1. The normalized spacial score (nSPS) is 11.9. The lowest BCUT2D eigenvalue weighted by Crippen LogP contribution is -2.03. The highest BCUT2D eigenvalue weighted by atomic mass is 16.3.